The van der Waals surface area contributed by atoms with Crippen LogP contribution in [0.2, 0.25) is 5.02 Å². The Bertz CT molecular complexity index is 920. The molecule has 2 heterocycles. The van der Waals surface area contributed by atoms with Crippen LogP contribution < -0.4 is 5.32 Å². The first-order valence-electron chi connectivity index (χ1n) is 8.54. The molecule has 0 saturated carbocycles. The van der Waals surface area contributed by atoms with Gasteiger partial charge in [-0.1, -0.05) is 17.7 Å². The summed E-state index contributed by atoms with van der Waals surface area (Å²) in [4.78, 5) is 17.0. The maximum absolute atomic E-state index is 15.7. The standard InChI is InChI=1S/C19H17ClF2N2O3/c20-15-7-12(21)6-11(9-25)13(15)8-24-17(26)19(22)4-3-18(10-27-18)16-14(19)2-1-5-23-16/h1-2,5-7,25H,3-4,8-10H2,(H,24,26)/t18-,19+/m1/s1. The zero-order chi connectivity index (χ0) is 19.2. The molecule has 142 valence electrons. The Morgan fingerprint density at radius 2 is 2.19 bits per heavy atom. The van der Waals surface area contributed by atoms with E-state index < -0.39 is 29.6 Å². The number of carbonyl (C=O) groups excluding carboxylic acids is 1. The third-order valence-corrected chi connectivity index (χ3v) is 5.58. The number of rotatable bonds is 4. The monoisotopic (exact) mass is 394 g/mol. The van der Waals surface area contributed by atoms with Crippen molar-refractivity contribution in [3.63, 3.8) is 0 Å². The Labute approximate surface area is 159 Å². The fourth-order valence-electron chi connectivity index (χ4n) is 3.62. The molecule has 1 amide bonds. The van der Waals surface area contributed by atoms with Crippen LogP contribution in [0.1, 0.15) is 35.2 Å². The first kappa shape index (κ1) is 18.3. The maximum Gasteiger partial charge on any atom is 0.262 e. The minimum absolute atomic E-state index is 0.0263. The average molecular weight is 395 g/mol. The zero-order valence-electron chi connectivity index (χ0n) is 14.3. The summed E-state index contributed by atoms with van der Waals surface area (Å²) in [6.45, 7) is -0.105. The highest BCUT2D eigenvalue weighted by atomic mass is 35.5. The molecule has 1 fully saturated rings. The number of pyridine rings is 1. The number of nitrogens with one attached hydrogen (secondary N) is 1. The molecular weight excluding hydrogens is 378 g/mol. The van der Waals surface area contributed by atoms with Gasteiger partial charge in [-0.25, -0.2) is 8.78 Å². The summed E-state index contributed by atoms with van der Waals surface area (Å²) in [5.74, 6) is -1.42. The molecule has 8 heteroatoms. The third-order valence-electron chi connectivity index (χ3n) is 5.24. The number of halogens is 3. The quantitative estimate of drug-likeness (QED) is 0.782. The number of aliphatic hydroxyl groups is 1. The van der Waals surface area contributed by atoms with Gasteiger partial charge in [0, 0.05) is 23.3 Å². The summed E-state index contributed by atoms with van der Waals surface area (Å²) in [6.07, 6.45) is 1.89. The summed E-state index contributed by atoms with van der Waals surface area (Å²) in [5, 5.41) is 12.0. The highest BCUT2D eigenvalue weighted by Crippen LogP contribution is 2.53. The number of nitrogens with zero attached hydrogens (tertiary/aromatic N) is 1. The number of hydrogen-bond donors (Lipinski definition) is 2. The number of ether oxygens (including phenoxy) is 1. The Balaban J connectivity index is 1.59. The maximum atomic E-state index is 15.7. The zero-order valence-corrected chi connectivity index (χ0v) is 15.0. The minimum Gasteiger partial charge on any atom is -0.392 e. The van der Waals surface area contributed by atoms with Crippen LogP contribution in [0.3, 0.4) is 0 Å². The normalized spacial score (nSPS) is 25.9. The number of aromatic nitrogens is 1. The summed E-state index contributed by atoms with van der Waals surface area (Å²) in [7, 11) is 0. The molecule has 1 saturated heterocycles. The van der Waals surface area contributed by atoms with E-state index in [1.807, 2.05) is 0 Å². The topological polar surface area (TPSA) is 74.8 Å². The predicted molar refractivity (Wildman–Crippen MR) is 93.1 cm³/mol. The van der Waals surface area contributed by atoms with Crippen LogP contribution >= 0.6 is 11.6 Å². The van der Waals surface area contributed by atoms with Crippen LogP contribution in [0.5, 0.6) is 0 Å². The molecule has 27 heavy (non-hydrogen) atoms. The van der Waals surface area contributed by atoms with Crippen molar-refractivity contribution >= 4 is 17.5 Å². The van der Waals surface area contributed by atoms with Gasteiger partial charge in [0.05, 0.1) is 18.9 Å². The van der Waals surface area contributed by atoms with E-state index in [0.29, 0.717) is 24.3 Å². The van der Waals surface area contributed by atoms with Crippen molar-refractivity contribution in [3.8, 4) is 0 Å². The van der Waals surface area contributed by atoms with Gasteiger partial charge in [-0.2, -0.15) is 0 Å². The molecule has 0 bridgehead atoms. The number of benzene rings is 1. The van der Waals surface area contributed by atoms with Gasteiger partial charge in [0.1, 0.15) is 11.4 Å². The van der Waals surface area contributed by atoms with Gasteiger partial charge in [0.2, 0.25) is 5.67 Å². The molecule has 1 aromatic carbocycles. The van der Waals surface area contributed by atoms with E-state index in [0.717, 1.165) is 12.1 Å². The van der Waals surface area contributed by atoms with Crippen molar-refractivity contribution in [1.82, 2.24) is 10.3 Å². The first-order chi connectivity index (χ1) is 12.9. The van der Waals surface area contributed by atoms with Crippen molar-refractivity contribution in [1.29, 1.82) is 0 Å². The summed E-state index contributed by atoms with van der Waals surface area (Å²) in [5.41, 5.74) is -1.56. The molecule has 1 spiro atoms. The summed E-state index contributed by atoms with van der Waals surface area (Å²) < 4.78 is 34.6. The van der Waals surface area contributed by atoms with Crippen LogP contribution in [0.15, 0.2) is 30.5 Å². The fourth-order valence-corrected chi connectivity index (χ4v) is 3.92. The number of aliphatic hydroxyl groups excluding tert-OH is 1. The lowest BCUT2D eigenvalue weighted by Crippen LogP contribution is -2.45. The highest BCUT2D eigenvalue weighted by Gasteiger charge is 2.58. The molecule has 2 aromatic rings. The van der Waals surface area contributed by atoms with Gasteiger partial charge in [-0.15, -0.1) is 0 Å². The lowest BCUT2D eigenvalue weighted by molar-refractivity contribution is -0.135. The van der Waals surface area contributed by atoms with Crippen LogP contribution in [0.4, 0.5) is 8.78 Å². The lowest BCUT2D eigenvalue weighted by Gasteiger charge is -2.33. The van der Waals surface area contributed by atoms with E-state index in [1.54, 1.807) is 18.3 Å². The fraction of sp³-hybridized carbons (Fsp3) is 0.368. The molecule has 0 radical (unpaired) electrons. The lowest BCUT2D eigenvalue weighted by atomic mass is 9.77. The van der Waals surface area contributed by atoms with E-state index >= 15 is 4.39 Å². The minimum atomic E-state index is -2.24. The number of alkyl halides is 1. The Morgan fingerprint density at radius 3 is 2.89 bits per heavy atom. The largest absolute Gasteiger partial charge is 0.392 e. The van der Waals surface area contributed by atoms with Gasteiger partial charge in [-0.3, -0.25) is 9.78 Å². The van der Waals surface area contributed by atoms with E-state index in [4.69, 9.17) is 16.3 Å². The highest BCUT2D eigenvalue weighted by molar-refractivity contribution is 6.31. The number of hydrogen-bond acceptors (Lipinski definition) is 4. The van der Waals surface area contributed by atoms with Gasteiger partial charge < -0.3 is 15.2 Å². The smallest absolute Gasteiger partial charge is 0.262 e. The van der Waals surface area contributed by atoms with Crippen LogP contribution in [0.25, 0.3) is 0 Å². The van der Waals surface area contributed by atoms with Gasteiger partial charge in [0.15, 0.2) is 0 Å². The second kappa shape index (κ2) is 6.51. The second-order valence-corrected chi connectivity index (χ2v) is 7.26. The SMILES string of the molecule is O=C(NCc1c(Cl)cc(F)cc1CO)[C@]1(F)CC[C@@]2(CO2)c2ncccc21. The number of epoxide rings is 1. The van der Waals surface area contributed by atoms with Crippen molar-refractivity contribution in [3.05, 3.63) is 63.7 Å². The van der Waals surface area contributed by atoms with Crippen molar-refractivity contribution in [2.24, 2.45) is 0 Å². The predicted octanol–water partition coefficient (Wildman–Crippen LogP) is 2.87. The van der Waals surface area contributed by atoms with E-state index in [9.17, 15) is 14.3 Å². The molecule has 4 rings (SSSR count). The Morgan fingerprint density at radius 1 is 1.41 bits per heavy atom. The van der Waals surface area contributed by atoms with Gasteiger partial charge in [-0.05, 0) is 42.2 Å². The molecule has 2 aliphatic rings. The Hall–Kier alpha value is -2.09. The van der Waals surface area contributed by atoms with Crippen molar-refractivity contribution < 1.29 is 23.4 Å². The van der Waals surface area contributed by atoms with Crippen molar-refractivity contribution in [2.45, 2.75) is 37.3 Å². The van der Waals surface area contributed by atoms with E-state index in [-0.39, 0.29) is 29.1 Å². The van der Waals surface area contributed by atoms with Gasteiger partial charge >= 0.3 is 0 Å². The molecule has 1 aliphatic heterocycles. The number of fused-ring (bicyclic) bond motifs is 2. The summed E-state index contributed by atoms with van der Waals surface area (Å²) >= 11 is 6.02. The summed E-state index contributed by atoms with van der Waals surface area (Å²) in [6, 6.07) is 5.35. The molecule has 0 unspecified atom stereocenters. The molecule has 5 nitrogen and oxygen atoms in total. The van der Waals surface area contributed by atoms with Gasteiger partial charge in [0.25, 0.3) is 5.91 Å². The van der Waals surface area contributed by atoms with E-state index in [2.05, 4.69) is 10.3 Å². The third kappa shape index (κ3) is 2.99. The van der Waals surface area contributed by atoms with Crippen LogP contribution in [-0.2, 0) is 34.0 Å². The van der Waals surface area contributed by atoms with Crippen LogP contribution in [-0.4, -0.2) is 22.6 Å². The van der Waals surface area contributed by atoms with E-state index in [1.165, 1.54) is 0 Å². The number of amides is 1. The van der Waals surface area contributed by atoms with Crippen molar-refractivity contribution in [2.75, 3.05) is 6.61 Å². The molecule has 1 aromatic heterocycles. The number of carbonyl (C=O) groups is 1. The molecule has 2 N–H and O–H groups in total. The first-order valence-corrected chi connectivity index (χ1v) is 8.92. The second-order valence-electron chi connectivity index (χ2n) is 6.85. The molecule has 1 aliphatic carbocycles. The molecule has 2 atom stereocenters. The average Bonchev–Trinajstić information content (AvgIpc) is 3.44. The Kier molecular flexibility index (Phi) is 4.41. The molecular formula is C19H17ClF2N2O3. The van der Waals surface area contributed by atoms with Crippen LogP contribution in [0, 0.1) is 5.82 Å².